The van der Waals surface area contributed by atoms with E-state index in [4.69, 9.17) is 14.7 Å². The van der Waals surface area contributed by atoms with Crippen LogP contribution >= 0.6 is 0 Å². The van der Waals surface area contributed by atoms with Gasteiger partial charge in [0.1, 0.15) is 18.2 Å². The molecule has 6 aliphatic heterocycles. The number of phenolic OH excluding ortho intramolecular Hbond substituents is 1. The first-order chi connectivity index (χ1) is 23.5. The van der Waals surface area contributed by atoms with Crippen molar-refractivity contribution in [1.29, 1.82) is 0 Å². The molecular weight excluding hydrogens is 602 g/mol. The number of amides is 2. The van der Waals surface area contributed by atoms with Gasteiger partial charge in [0.2, 0.25) is 0 Å². The van der Waals surface area contributed by atoms with Crippen molar-refractivity contribution in [3.8, 4) is 22.9 Å². The van der Waals surface area contributed by atoms with E-state index in [2.05, 4.69) is 56.2 Å². The van der Waals surface area contributed by atoms with Crippen LogP contribution in [0.1, 0.15) is 38.5 Å². The topological polar surface area (TPSA) is 97.3 Å². The van der Waals surface area contributed by atoms with Gasteiger partial charge in [-0.05, 0) is 117 Å². The number of anilines is 1. The number of ether oxygens (including phenoxy) is 1. The van der Waals surface area contributed by atoms with Crippen LogP contribution in [0, 0.1) is 5.92 Å². The number of urea groups is 1. The van der Waals surface area contributed by atoms with Crippen molar-refractivity contribution < 1.29 is 14.6 Å². The number of aromatic hydroxyl groups is 1. The molecule has 3 unspecified atom stereocenters. The number of fused-ring (bicyclic) bond motifs is 7. The van der Waals surface area contributed by atoms with Gasteiger partial charge in [0.15, 0.2) is 0 Å². The number of hydrogen-bond donors (Lipinski definition) is 2. The summed E-state index contributed by atoms with van der Waals surface area (Å²) in [6.07, 6.45) is 6.72. The lowest BCUT2D eigenvalue weighted by Crippen LogP contribution is -2.62. The van der Waals surface area contributed by atoms with E-state index in [9.17, 15) is 9.90 Å². The molecule has 0 radical (unpaired) electrons. The van der Waals surface area contributed by atoms with Crippen molar-refractivity contribution in [2.75, 3.05) is 57.8 Å². The smallest absolute Gasteiger partial charge is 0.319 e. The Morgan fingerprint density at radius 2 is 1.73 bits per heavy atom. The van der Waals surface area contributed by atoms with Crippen molar-refractivity contribution in [3.63, 3.8) is 0 Å². The Hall–Kier alpha value is -4.15. The zero-order valence-electron chi connectivity index (χ0n) is 27.7. The maximum absolute atomic E-state index is 13.6. The number of aromatic nitrogens is 2. The van der Waals surface area contributed by atoms with E-state index in [1.807, 2.05) is 24.3 Å². The average molecular weight is 648 g/mol. The minimum absolute atomic E-state index is 0.0885. The van der Waals surface area contributed by atoms with E-state index in [1.165, 1.54) is 32.4 Å². The first-order valence-electron chi connectivity index (χ1n) is 17.9. The number of nitrogens with one attached hydrogen (secondary N) is 1. The van der Waals surface area contributed by atoms with Crippen LogP contribution in [-0.2, 0) is 0 Å². The zero-order valence-corrected chi connectivity index (χ0v) is 27.7. The van der Waals surface area contributed by atoms with Crippen molar-refractivity contribution in [1.82, 2.24) is 30.0 Å². The SMILES string of the molecule is CN1CCC[C@H]1COc1nc(N2C3CCC2CN(C(=O)NC2CN4CCC2CC4)C3)c2ccc(-c3cc(O)cc4ccccc34)cc2n1. The van der Waals surface area contributed by atoms with Gasteiger partial charge in [0.05, 0.1) is 5.52 Å². The zero-order chi connectivity index (χ0) is 32.4. The highest BCUT2D eigenvalue weighted by atomic mass is 16.5. The predicted octanol–water partition coefficient (Wildman–Crippen LogP) is 5.09. The Bertz CT molecular complexity index is 1850. The lowest BCUT2D eigenvalue weighted by atomic mass is 9.84. The van der Waals surface area contributed by atoms with Crippen molar-refractivity contribution >= 4 is 33.5 Å². The second-order valence-electron chi connectivity index (χ2n) is 14.8. The summed E-state index contributed by atoms with van der Waals surface area (Å²) in [6, 6.07) is 19.6. The molecule has 6 aliphatic rings. The number of hydrogen-bond acceptors (Lipinski definition) is 8. The summed E-state index contributed by atoms with van der Waals surface area (Å²) in [5.41, 5.74) is 2.77. The number of benzene rings is 3. The van der Waals surface area contributed by atoms with Gasteiger partial charge in [-0.25, -0.2) is 4.79 Å². The van der Waals surface area contributed by atoms with Crippen LogP contribution in [0.3, 0.4) is 0 Å². The number of nitrogens with zero attached hydrogens (tertiary/aromatic N) is 6. The average Bonchev–Trinajstić information content (AvgIpc) is 3.64. The highest BCUT2D eigenvalue weighted by Gasteiger charge is 2.44. The lowest BCUT2D eigenvalue weighted by Gasteiger charge is -2.46. The molecule has 0 spiro atoms. The minimum atomic E-state index is 0.0885. The molecular formula is C38H45N7O3. The molecule has 250 valence electrons. The van der Waals surface area contributed by atoms with Crippen LogP contribution in [0.4, 0.5) is 10.6 Å². The molecule has 48 heavy (non-hydrogen) atoms. The van der Waals surface area contributed by atoms with Crippen LogP contribution in [-0.4, -0.2) is 113 Å². The Labute approximate surface area is 281 Å². The van der Waals surface area contributed by atoms with Gasteiger partial charge in [-0.1, -0.05) is 30.3 Å². The van der Waals surface area contributed by atoms with Gasteiger partial charge in [-0.15, -0.1) is 0 Å². The molecule has 4 atom stereocenters. The molecule has 2 N–H and O–H groups in total. The molecule has 3 aromatic carbocycles. The largest absolute Gasteiger partial charge is 0.508 e. The molecule has 10 rings (SSSR count). The van der Waals surface area contributed by atoms with Crippen molar-refractivity contribution in [2.45, 2.75) is 62.7 Å². The first kappa shape index (κ1) is 29.9. The van der Waals surface area contributed by atoms with Gasteiger partial charge < -0.3 is 34.8 Å². The van der Waals surface area contributed by atoms with Gasteiger partial charge >= 0.3 is 12.0 Å². The summed E-state index contributed by atoms with van der Waals surface area (Å²) >= 11 is 0. The van der Waals surface area contributed by atoms with E-state index < -0.39 is 0 Å². The molecule has 6 saturated heterocycles. The fourth-order valence-electron chi connectivity index (χ4n) is 9.21. The van der Waals surface area contributed by atoms with E-state index in [-0.39, 0.29) is 29.9 Å². The third-order valence-corrected chi connectivity index (χ3v) is 11.9. The van der Waals surface area contributed by atoms with E-state index in [0.717, 1.165) is 71.0 Å². The second kappa shape index (κ2) is 12.1. The molecule has 4 bridgehead atoms. The Balaban J connectivity index is 1.04. The molecule has 0 aliphatic carbocycles. The van der Waals surface area contributed by atoms with Crippen LogP contribution in [0.2, 0.25) is 0 Å². The third-order valence-electron chi connectivity index (χ3n) is 11.9. The second-order valence-corrected chi connectivity index (χ2v) is 14.8. The number of piperazine rings is 1. The standard InChI is InChI=1S/C38H45N7O3/c1-42-14-4-6-29(42)23-48-37-39-34-18-26(33-19-30(46)17-25-5-2-3-7-31(25)33)8-11-32(34)36(41-37)45-27-9-10-28(45)21-44(20-27)38(47)40-35-22-43-15-12-24(35)13-16-43/h2-3,5,7-8,11,17-19,24,27-29,35,46H,4,6,9-10,12-16,20-23H2,1H3,(H,40,47)/t27?,28?,29-,35?/m0/s1. The third kappa shape index (κ3) is 5.39. The first-order valence-corrected chi connectivity index (χ1v) is 17.9. The number of rotatable bonds is 6. The molecule has 6 fully saturated rings. The number of carbonyl (C=O) groups excluding carboxylic acids is 1. The summed E-state index contributed by atoms with van der Waals surface area (Å²) in [5.74, 6) is 1.74. The summed E-state index contributed by atoms with van der Waals surface area (Å²) in [6.45, 7) is 6.33. The highest BCUT2D eigenvalue weighted by molar-refractivity contribution is 6.01. The minimum Gasteiger partial charge on any atom is -0.508 e. The Morgan fingerprint density at radius 3 is 2.48 bits per heavy atom. The molecule has 10 nitrogen and oxygen atoms in total. The predicted molar refractivity (Wildman–Crippen MR) is 188 cm³/mol. The maximum atomic E-state index is 13.6. The summed E-state index contributed by atoms with van der Waals surface area (Å²) in [7, 11) is 2.16. The van der Waals surface area contributed by atoms with Crippen LogP contribution in [0.5, 0.6) is 11.8 Å². The van der Waals surface area contributed by atoms with Crippen LogP contribution in [0.25, 0.3) is 32.8 Å². The summed E-state index contributed by atoms with van der Waals surface area (Å²) in [5, 5.41) is 17.1. The lowest BCUT2D eigenvalue weighted by molar-refractivity contribution is 0.0721. The van der Waals surface area contributed by atoms with Crippen molar-refractivity contribution in [3.05, 3.63) is 54.6 Å². The number of piperidine rings is 3. The number of carbonyl (C=O) groups is 1. The Morgan fingerprint density at radius 1 is 0.917 bits per heavy atom. The van der Waals surface area contributed by atoms with Crippen molar-refractivity contribution in [2.24, 2.45) is 5.92 Å². The van der Waals surface area contributed by atoms with E-state index in [1.54, 1.807) is 6.07 Å². The highest BCUT2D eigenvalue weighted by Crippen LogP contribution is 2.40. The summed E-state index contributed by atoms with van der Waals surface area (Å²) in [4.78, 5) is 33.1. The Kier molecular flexibility index (Phi) is 7.53. The van der Waals surface area contributed by atoms with E-state index in [0.29, 0.717) is 37.7 Å². The quantitative estimate of drug-likeness (QED) is 0.299. The number of phenols is 1. The summed E-state index contributed by atoms with van der Waals surface area (Å²) < 4.78 is 6.38. The van der Waals surface area contributed by atoms with E-state index >= 15 is 0 Å². The van der Waals surface area contributed by atoms with Crippen LogP contribution < -0.4 is 15.0 Å². The molecule has 10 heteroatoms. The number of likely N-dealkylation sites (N-methyl/N-ethyl adjacent to an activating group) is 1. The maximum Gasteiger partial charge on any atom is 0.319 e. The van der Waals surface area contributed by atoms with Gasteiger partial charge in [-0.3, -0.25) is 0 Å². The van der Waals surface area contributed by atoms with Crippen LogP contribution in [0.15, 0.2) is 54.6 Å². The number of likely N-dealkylation sites (tertiary alicyclic amines) is 2. The fourth-order valence-corrected chi connectivity index (χ4v) is 9.21. The van der Waals surface area contributed by atoms with Gasteiger partial charge in [-0.2, -0.15) is 9.97 Å². The van der Waals surface area contributed by atoms with Gasteiger partial charge in [0, 0.05) is 49.2 Å². The fraction of sp³-hybridized carbons (Fsp3) is 0.500. The molecule has 1 aromatic heterocycles. The molecule has 7 heterocycles. The van der Waals surface area contributed by atoms with Gasteiger partial charge in [0.25, 0.3) is 0 Å². The molecule has 0 saturated carbocycles. The molecule has 4 aromatic rings. The monoisotopic (exact) mass is 647 g/mol. The molecule has 2 amide bonds. The normalized spacial score (nSPS) is 28.4.